The number of nitrogens with zero attached hydrogens (tertiary/aromatic N) is 1. The standard InChI is InChI=1S/C22H21N3O2/c1-15-13-21(26)24-19-10-4-5-12-20(19)25(15)22(27)14-23-18-11-6-8-16-7-2-3-9-17(16)18/h2-12,15,23H,13-14H2,1H3,(H,24,26). The number of benzene rings is 3. The van der Waals surface area contributed by atoms with Crippen molar-refractivity contribution in [3.8, 4) is 0 Å². The lowest BCUT2D eigenvalue weighted by molar-refractivity contribution is -0.118. The van der Waals surface area contributed by atoms with Gasteiger partial charge in [0, 0.05) is 23.5 Å². The van der Waals surface area contributed by atoms with E-state index >= 15 is 0 Å². The second-order valence-corrected chi connectivity index (χ2v) is 6.76. The Hall–Kier alpha value is -3.34. The van der Waals surface area contributed by atoms with Gasteiger partial charge in [0.2, 0.25) is 11.8 Å². The number of hydrogen-bond donors (Lipinski definition) is 2. The van der Waals surface area contributed by atoms with Crippen LogP contribution in [0.15, 0.2) is 66.7 Å². The minimum atomic E-state index is -0.213. The first kappa shape index (κ1) is 17.1. The molecule has 1 unspecified atom stereocenters. The van der Waals surface area contributed by atoms with E-state index in [4.69, 9.17) is 0 Å². The Morgan fingerprint density at radius 3 is 2.70 bits per heavy atom. The van der Waals surface area contributed by atoms with Gasteiger partial charge in [0.15, 0.2) is 0 Å². The molecule has 136 valence electrons. The van der Waals surface area contributed by atoms with Crippen molar-refractivity contribution in [1.82, 2.24) is 0 Å². The summed E-state index contributed by atoms with van der Waals surface area (Å²) in [4.78, 5) is 26.9. The van der Waals surface area contributed by atoms with Gasteiger partial charge >= 0.3 is 0 Å². The first-order chi connectivity index (χ1) is 13.1. The van der Waals surface area contributed by atoms with E-state index < -0.39 is 0 Å². The van der Waals surface area contributed by atoms with E-state index in [1.54, 1.807) is 4.90 Å². The summed E-state index contributed by atoms with van der Waals surface area (Å²) in [6.45, 7) is 2.05. The topological polar surface area (TPSA) is 61.4 Å². The average Bonchev–Trinajstić information content (AvgIpc) is 2.80. The highest BCUT2D eigenvalue weighted by Gasteiger charge is 2.29. The van der Waals surface area contributed by atoms with E-state index in [0.717, 1.165) is 22.1 Å². The number of anilines is 3. The lowest BCUT2D eigenvalue weighted by Crippen LogP contribution is -2.42. The van der Waals surface area contributed by atoms with Crippen LogP contribution in [0.4, 0.5) is 17.1 Å². The summed E-state index contributed by atoms with van der Waals surface area (Å²) in [5, 5.41) is 8.35. The molecule has 3 aromatic carbocycles. The number of amides is 2. The fraction of sp³-hybridized carbons (Fsp3) is 0.182. The maximum atomic E-state index is 13.1. The average molecular weight is 359 g/mol. The highest BCUT2D eigenvalue weighted by Crippen LogP contribution is 2.31. The van der Waals surface area contributed by atoms with Crippen LogP contribution in [0.5, 0.6) is 0 Å². The van der Waals surface area contributed by atoms with Crippen LogP contribution in [0.25, 0.3) is 10.8 Å². The molecule has 0 saturated heterocycles. The van der Waals surface area contributed by atoms with Crippen LogP contribution in [0.2, 0.25) is 0 Å². The van der Waals surface area contributed by atoms with E-state index in [-0.39, 0.29) is 30.8 Å². The predicted molar refractivity (Wildman–Crippen MR) is 109 cm³/mol. The zero-order valence-corrected chi connectivity index (χ0v) is 15.1. The van der Waals surface area contributed by atoms with Crippen LogP contribution < -0.4 is 15.5 Å². The van der Waals surface area contributed by atoms with Crippen LogP contribution in [0, 0.1) is 0 Å². The molecule has 5 heteroatoms. The number of carbonyl (C=O) groups excluding carboxylic acids is 2. The van der Waals surface area contributed by atoms with Gasteiger partial charge in [0.25, 0.3) is 0 Å². The molecule has 1 aliphatic rings. The molecule has 0 spiro atoms. The molecule has 0 saturated carbocycles. The molecule has 5 nitrogen and oxygen atoms in total. The first-order valence-corrected chi connectivity index (χ1v) is 9.06. The fourth-order valence-electron chi connectivity index (χ4n) is 3.60. The highest BCUT2D eigenvalue weighted by molar-refractivity contribution is 6.06. The zero-order valence-electron chi connectivity index (χ0n) is 15.1. The van der Waals surface area contributed by atoms with Gasteiger partial charge in [-0.1, -0.05) is 48.5 Å². The maximum Gasteiger partial charge on any atom is 0.246 e. The van der Waals surface area contributed by atoms with Crippen LogP contribution in [-0.4, -0.2) is 24.4 Å². The molecule has 27 heavy (non-hydrogen) atoms. The first-order valence-electron chi connectivity index (χ1n) is 9.06. The summed E-state index contributed by atoms with van der Waals surface area (Å²) < 4.78 is 0. The van der Waals surface area contributed by atoms with Crippen molar-refractivity contribution in [1.29, 1.82) is 0 Å². The summed E-state index contributed by atoms with van der Waals surface area (Å²) in [6, 6.07) is 21.3. The lowest BCUT2D eigenvalue weighted by Gasteiger charge is -2.28. The lowest BCUT2D eigenvalue weighted by atomic mass is 10.1. The van der Waals surface area contributed by atoms with Gasteiger partial charge in [0.1, 0.15) is 0 Å². The molecule has 4 rings (SSSR count). The van der Waals surface area contributed by atoms with E-state index in [1.807, 2.05) is 73.7 Å². The Morgan fingerprint density at radius 1 is 1.07 bits per heavy atom. The predicted octanol–water partition coefficient (Wildman–Crippen LogP) is 4.02. The third-order valence-electron chi connectivity index (χ3n) is 4.85. The molecule has 0 aliphatic carbocycles. The van der Waals surface area contributed by atoms with Crippen molar-refractivity contribution in [3.05, 3.63) is 66.7 Å². The van der Waals surface area contributed by atoms with Crippen molar-refractivity contribution < 1.29 is 9.59 Å². The van der Waals surface area contributed by atoms with Crippen LogP contribution >= 0.6 is 0 Å². The SMILES string of the molecule is CC1CC(=O)Nc2ccccc2N1C(=O)CNc1cccc2ccccc12. The van der Waals surface area contributed by atoms with Crippen molar-refractivity contribution in [3.63, 3.8) is 0 Å². The third-order valence-corrected chi connectivity index (χ3v) is 4.85. The summed E-state index contributed by atoms with van der Waals surface area (Å²) in [5.41, 5.74) is 2.33. The second kappa shape index (κ2) is 7.11. The second-order valence-electron chi connectivity index (χ2n) is 6.76. The van der Waals surface area contributed by atoms with Gasteiger partial charge in [-0.15, -0.1) is 0 Å². The Labute approximate surface area is 158 Å². The fourth-order valence-corrected chi connectivity index (χ4v) is 3.60. The molecular formula is C22H21N3O2. The molecular weight excluding hydrogens is 338 g/mol. The van der Waals surface area contributed by atoms with Gasteiger partial charge in [0.05, 0.1) is 17.9 Å². The van der Waals surface area contributed by atoms with Crippen molar-refractivity contribution in [2.24, 2.45) is 0 Å². The Bertz CT molecular complexity index is 1010. The molecule has 1 heterocycles. The number of rotatable bonds is 3. The van der Waals surface area contributed by atoms with E-state index in [9.17, 15) is 9.59 Å². The largest absolute Gasteiger partial charge is 0.376 e. The molecule has 3 aromatic rings. The minimum Gasteiger partial charge on any atom is -0.376 e. The van der Waals surface area contributed by atoms with Crippen molar-refractivity contribution in [2.75, 3.05) is 22.1 Å². The molecule has 1 atom stereocenters. The van der Waals surface area contributed by atoms with E-state index in [1.165, 1.54) is 0 Å². The Balaban J connectivity index is 1.59. The number of nitrogens with one attached hydrogen (secondary N) is 2. The van der Waals surface area contributed by atoms with Crippen molar-refractivity contribution in [2.45, 2.75) is 19.4 Å². The molecule has 1 aliphatic heterocycles. The van der Waals surface area contributed by atoms with E-state index in [0.29, 0.717) is 5.69 Å². The smallest absolute Gasteiger partial charge is 0.246 e. The van der Waals surface area contributed by atoms with Crippen molar-refractivity contribution >= 4 is 39.6 Å². The molecule has 0 fully saturated rings. The van der Waals surface area contributed by atoms with Gasteiger partial charge in [-0.3, -0.25) is 9.59 Å². The Morgan fingerprint density at radius 2 is 1.81 bits per heavy atom. The highest BCUT2D eigenvalue weighted by atomic mass is 16.2. The van der Waals surface area contributed by atoms with Gasteiger partial charge in [-0.05, 0) is 30.5 Å². The monoisotopic (exact) mass is 359 g/mol. The number of hydrogen-bond acceptors (Lipinski definition) is 3. The molecule has 0 radical (unpaired) electrons. The number of para-hydroxylation sites is 2. The zero-order chi connectivity index (χ0) is 18.8. The number of fused-ring (bicyclic) bond motifs is 2. The van der Waals surface area contributed by atoms with Crippen LogP contribution in [0.1, 0.15) is 13.3 Å². The third kappa shape index (κ3) is 3.36. The van der Waals surface area contributed by atoms with Crippen LogP contribution in [0.3, 0.4) is 0 Å². The quantitative estimate of drug-likeness (QED) is 0.743. The Kier molecular flexibility index (Phi) is 4.50. The maximum absolute atomic E-state index is 13.1. The van der Waals surface area contributed by atoms with Gasteiger partial charge in [-0.25, -0.2) is 0 Å². The van der Waals surface area contributed by atoms with E-state index in [2.05, 4.69) is 10.6 Å². The number of carbonyl (C=O) groups is 2. The summed E-state index contributed by atoms with van der Waals surface area (Å²) in [7, 11) is 0. The molecule has 2 N–H and O–H groups in total. The minimum absolute atomic E-state index is 0.0700. The van der Waals surface area contributed by atoms with Crippen LogP contribution in [-0.2, 0) is 9.59 Å². The molecule has 2 amide bonds. The normalized spacial score (nSPS) is 16.4. The summed E-state index contributed by atoms with van der Waals surface area (Å²) in [5.74, 6) is -0.147. The summed E-state index contributed by atoms with van der Waals surface area (Å²) >= 11 is 0. The molecule has 0 bridgehead atoms. The van der Waals surface area contributed by atoms with Gasteiger partial charge in [-0.2, -0.15) is 0 Å². The van der Waals surface area contributed by atoms with Gasteiger partial charge < -0.3 is 15.5 Å². The molecule has 0 aromatic heterocycles. The summed E-state index contributed by atoms with van der Waals surface area (Å²) in [6.07, 6.45) is 0.273.